The van der Waals surface area contributed by atoms with Gasteiger partial charge in [-0.1, -0.05) is 30.3 Å². The Bertz CT molecular complexity index is 500. The molecule has 0 radical (unpaired) electrons. The van der Waals surface area contributed by atoms with Gasteiger partial charge in [-0.15, -0.1) is 0 Å². The zero-order chi connectivity index (χ0) is 12.9. The minimum atomic E-state index is 0.471. The van der Waals surface area contributed by atoms with Crippen molar-refractivity contribution in [1.29, 1.82) is 0 Å². The lowest BCUT2D eigenvalue weighted by Crippen LogP contribution is -2.51. The van der Waals surface area contributed by atoms with Crippen LogP contribution in [0.25, 0.3) is 0 Å². The first-order chi connectivity index (χ1) is 9.42. The molecular weight excluding hydrogens is 236 g/mol. The maximum Gasteiger partial charge on any atom is 0.147 e. The van der Waals surface area contributed by atoms with Crippen LogP contribution in [0.1, 0.15) is 5.56 Å². The number of nitrogens with one attached hydrogen (secondary N) is 1. The third-order valence-electron chi connectivity index (χ3n) is 3.45. The van der Waals surface area contributed by atoms with E-state index in [9.17, 15) is 0 Å². The number of piperazine rings is 1. The molecule has 0 amide bonds. The summed E-state index contributed by atoms with van der Waals surface area (Å²) < 4.78 is 0. The summed E-state index contributed by atoms with van der Waals surface area (Å²) in [4.78, 5) is 10.8. The summed E-state index contributed by atoms with van der Waals surface area (Å²) in [6.45, 7) is 2.96. The van der Waals surface area contributed by atoms with E-state index in [1.807, 2.05) is 6.20 Å². The minimum Gasteiger partial charge on any atom is -0.352 e. The second kappa shape index (κ2) is 5.80. The molecule has 2 aromatic rings. The molecule has 1 aromatic carbocycles. The van der Waals surface area contributed by atoms with E-state index in [0.717, 1.165) is 31.9 Å². The molecule has 1 saturated heterocycles. The molecular formula is C15H18N4. The van der Waals surface area contributed by atoms with Crippen molar-refractivity contribution in [2.75, 3.05) is 24.5 Å². The largest absolute Gasteiger partial charge is 0.352 e. The van der Waals surface area contributed by atoms with Gasteiger partial charge in [0.2, 0.25) is 0 Å². The average molecular weight is 254 g/mol. The molecule has 1 aliphatic rings. The van der Waals surface area contributed by atoms with Crippen molar-refractivity contribution in [3.8, 4) is 0 Å². The third-order valence-corrected chi connectivity index (χ3v) is 3.45. The maximum absolute atomic E-state index is 4.38. The molecule has 3 rings (SSSR count). The average Bonchev–Trinajstić information content (AvgIpc) is 2.49. The Balaban J connectivity index is 1.65. The van der Waals surface area contributed by atoms with Gasteiger partial charge < -0.3 is 10.2 Å². The number of aromatic nitrogens is 2. The molecule has 1 aromatic heterocycles. The van der Waals surface area contributed by atoms with Crippen LogP contribution in [0.3, 0.4) is 0 Å². The summed E-state index contributed by atoms with van der Waals surface area (Å²) in [5.41, 5.74) is 1.38. The molecule has 1 aliphatic heterocycles. The molecule has 98 valence electrons. The van der Waals surface area contributed by atoms with Crippen LogP contribution in [-0.2, 0) is 6.42 Å². The normalized spacial score (nSPS) is 19.4. The van der Waals surface area contributed by atoms with E-state index in [1.54, 1.807) is 12.4 Å². The number of anilines is 1. The Hall–Kier alpha value is -1.94. The second-order valence-electron chi connectivity index (χ2n) is 4.85. The van der Waals surface area contributed by atoms with E-state index in [2.05, 4.69) is 50.5 Å². The Morgan fingerprint density at radius 3 is 2.89 bits per heavy atom. The van der Waals surface area contributed by atoms with Crippen molar-refractivity contribution < 1.29 is 0 Å². The van der Waals surface area contributed by atoms with Gasteiger partial charge in [0.15, 0.2) is 0 Å². The fraction of sp³-hybridized carbons (Fsp3) is 0.333. The number of hydrogen-bond donors (Lipinski definition) is 1. The van der Waals surface area contributed by atoms with Crippen molar-refractivity contribution in [3.05, 3.63) is 54.5 Å². The quantitative estimate of drug-likeness (QED) is 0.901. The summed E-state index contributed by atoms with van der Waals surface area (Å²) >= 11 is 0. The molecule has 0 spiro atoms. The van der Waals surface area contributed by atoms with Crippen LogP contribution in [0.4, 0.5) is 5.82 Å². The van der Waals surface area contributed by atoms with Crippen LogP contribution in [0, 0.1) is 0 Å². The number of hydrogen-bond acceptors (Lipinski definition) is 4. The van der Waals surface area contributed by atoms with Crippen LogP contribution in [0.2, 0.25) is 0 Å². The fourth-order valence-corrected chi connectivity index (χ4v) is 2.52. The molecule has 1 N–H and O–H groups in total. The maximum atomic E-state index is 4.38. The molecule has 2 heterocycles. The lowest BCUT2D eigenvalue weighted by molar-refractivity contribution is 0.452. The first-order valence-electron chi connectivity index (χ1n) is 6.70. The van der Waals surface area contributed by atoms with Gasteiger partial charge in [-0.25, -0.2) is 4.98 Å². The van der Waals surface area contributed by atoms with Gasteiger partial charge in [-0.3, -0.25) is 4.98 Å². The molecule has 4 heteroatoms. The predicted molar refractivity (Wildman–Crippen MR) is 76.2 cm³/mol. The van der Waals surface area contributed by atoms with Crippen LogP contribution < -0.4 is 10.2 Å². The van der Waals surface area contributed by atoms with Gasteiger partial charge in [0.25, 0.3) is 0 Å². The van der Waals surface area contributed by atoms with E-state index in [4.69, 9.17) is 0 Å². The second-order valence-corrected chi connectivity index (χ2v) is 4.85. The summed E-state index contributed by atoms with van der Waals surface area (Å²) in [6.07, 6.45) is 6.36. The number of nitrogens with zero attached hydrogens (tertiary/aromatic N) is 3. The Morgan fingerprint density at radius 2 is 2.11 bits per heavy atom. The highest BCUT2D eigenvalue weighted by atomic mass is 15.2. The molecule has 0 bridgehead atoms. The lowest BCUT2D eigenvalue weighted by Gasteiger charge is -2.34. The summed E-state index contributed by atoms with van der Waals surface area (Å²) in [5, 5.41) is 3.58. The van der Waals surface area contributed by atoms with Crippen LogP contribution in [-0.4, -0.2) is 35.6 Å². The Morgan fingerprint density at radius 1 is 1.21 bits per heavy atom. The van der Waals surface area contributed by atoms with Crippen LogP contribution in [0.15, 0.2) is 48.9 Å². The summed E-state index contributed by atoms with van der Waals surface area (Å²) in [7, 11) is 0. The highest BCUT2D eigenvalue weighted by Crippen LogP contribution is 2.13. The molecule has 19 heavy (non-hydrogen) atoms. The van der Waals surface area contributed by atoms with E-state index >= 15 is 0 Å². The van der Waals surface area contributed by atoms with E-state index in [0.29, 0.717) is 6.04 Å². The van der Waals surface area contributed by atoms with Gasteiger partial charge in [0, 0.05) is 38.1 Å². The highest BCUT2D eigenvalue weighted by molar-refractivity contribution is 5.36. The van der Waals surface area contributed by atoms with Gasteiger partial charge in [0.1, 0.15) is 5.82 Å². The van der Waals surface area contributed by atoms with Crippen LogP contribution >= 0.6 is 0 Å². The third kappa shape index (κ3) is 3.09. The smallest absolute Gasteiger partial charge is 0.147 e. The summed E-state index contributed by atoms with van der Waals surface area (Å²) in [6, 6.07) is 11.1. The van der Waals surface area contributed by atoms with Gasteiger partial charge in [-0.05, 0) is 12.0 Å². The highest BCUT2D eigenvalue weighted by Gasteiger charge is 2.20. The van der Waals surface area contributed by atoms with E-state index in [-0.39, 0.29) is 0 Å². The minimum absolute atomic E-state index is 0.471. The first-order valence-corrected chi connectivity index (χ1v) is 6.70. The molecule has 1 fully saturated rings. The molecule has 0 aliphatic carbocycles. The topological polar surface area (TPSA) is 41.1 Å². The van der Waals surface area contributed by atoms with Crippen molar-refractivity contribution in [2.45, 2.75) is 12.5 Å². The van der Waals surface area contributed by atoms with Gasteiger partial charge in [-0.2, -0.15) is 0 Å². The van der Waals surface area contributed by atoms with Gasteiger partial charge in [0.05, 0.1) is 6.20 Å². The van der Waals surface area contributed by atoms with Gasteiger partial charge >= 0.3 is 0 Å². The molecule has 0 saturated carbocycles. The summed E-state index contributed by atoms with van der Waals surface area (Å²) in [5.74, 6) is 0.974. The van der Waals surface area contributed by atoms with Crippen LogP contribution in [0.5, 0.6) is 0 Å². The van der Waals surface area contributed by atoms with E-state index < -0.39 is 0 Å². The van der Waals surface area contributed by atoms with E-state index in [1.165, 1.54) is 5.56 Å². The lowest BCUT2D eigenvalue weighted by atomic mass is 10.0. The van der Waals surface area contributed by atoms with Crippen molar-refractivity contribution in [3.63, 3.8) is 0 Å². The first kappa shape index (κ1) is 12.1. The zero-order valence-electron chi connectivity index (χ0n) is 10.9. The zero-order valence-corrected chi connectivity index (χ0v) is 10.9. The molecule has 4 nitrogen and oxygen atoms in total. The van der Waals surface area contributed by atoms with Crippen molar-refractivity contribution in [1.82, 2.24) is 15.3 Å². The van der Waals surface area contributed by atoms with Crippen molar-refractivity contribution >= 4 is 5.82 Å². The number of rotatable bonds is 3. The molecule has 1 unspecified atom stereocenters. The monoisotopic (exact) mass is 254 g/mol. The van der Waals surface area contributed by atoms with Crippen molar-refractivity contribution in [2.24, 2.45) is 0 Å². The standard InChI is InChI=1S/C15H18N4/c1-2-4-13(5-3-1)10-14-12-19(9-8-17-14)15-11-16-6-7-18-15/h1-7,11,14,17H,8-10,12H2. The Kier molecular flexibility index (Phi) is 3.70. The fourth-order valence-electron chi connectivity index (χ4n) is 2.52. The Labute approximate surface area is 113 Å². The SMILES string of the molecule is c1ccc(CC2CN(c3cnccn3)CCN2)cc1. The molecule has 1 atom stereocenters. The number of benzene rings is 1. The predicted octanol–water partition coefficient (Wildman–Crippen LogP) is 1.50.